The molecule has 2 nitrogen and oxygen atoms in total. The van der Waals surface area contributed by atoms with Gasteiger partial charge in [-0.2, -0.15) is 0 Å². The summed E-state index contributed by atoms with van der Waals surface area (Å²) >= 11 is -1.40. The van der Waals surface area contributed by atoms with Crippen LogP contribution in [0.1, 0.15) is 27.7 Å². The van der Waals surface area contributed by atoms with Gasteiger partial charge in [0.25, 0.3) is 0 Å². The minimum absolute atomic E-state index is 0. The number of halogens is 1. The summed E-state index contributed by atoms with van der Waals surface area (Å²) in [6.45, 7) is 12.1. The standard InChI is InChI=1S/C6H14N.C2H5O.C2H5.BrH.Sn/c1-4-7-5-6(2)3;1-2-3;1-2;;/h6-7H,2,4-5H2,1,3H3;2H2,1H3;1H2,2H3;1H;/q;-1;;;+2/p-1. The molecule has 0 aromatic rings. The minimum atomic E-state index is -1.40. The van der Waals surface area contributed by atoms with E-state index in [9.17, 15) is 0 Å². The summed E-state index contributed by atoms with van der Waals surface area (Å²) in [7, 11) is 0. The predicted octanol–water partition coefficient (Wildman–Crippen LogP) is -0.716. The van der Waals surface area contributed by atoms with Gasteiger partial charge in [-0.15, -0.1) is 0 Å². The second-order valence-corrected chi connectivity index (χ2v) is 10.5. The molecule has 0 fully saturated rings. The smallest absolute Gasteiger partial charge is 1.00 e. The van der Waals surface area contributed by atoms with E-state index in [-0.39, 0.29) is 17.0 Å². The van der Waals surface area contributed by atoms with Crippen LogP contribution in [0.2, 0.25) is 8.87 Å². The van der Waals surface area contributed by atoms with Crippen molar-refractivity contribution in [2.75, 3.05) is 19.7 Å². The van der Waals surface area contributed by atoms with Gasteiger partial charge in [0.2, 0.25) is 0 Å². The molecule has 0 aliphatic rings. The molecule has 4 heteroatoms. The van der Waals surface area contributed by atoms with Crippen LogP contribution >= 0.6 is 0 Å². The van der Waals surface area contributed by atoms with Crippen LogP contribution in [0.25, 0.3) is 0 Å². The molecule has 0 aliphatic heterocycles. The Morgan fingerprint density at radius 2 is 1.93 bits per heavy atom. The Morgan fingerprint density at radius 1 is 1.29 bits per heavy atom. The first-order valence-corrected chi connectivity index (χ1v) is 10.6. The first kappa shape index (κ1) is 17.6. The Balaban J connectivity index is 0. The van der Waals surface area contributed by atoms with Gasteiger partial charge in [0, 0.05) is 0 Å². The van der Waals surface area contributed by atoms with E-state index in [2.05, 4.69) is 33.0 Å². The van der Waals surface area contributed by atoms with Gasteiger partial charge in [0.05, 0.1) is 0 Å². The average molecular weight is 373 g/mol. The zero-order valence-corrected chi connectivity index (χ0v) is 14.3. The topological polar surface area (TPSA) is 21.3 Å². The molecule has 1 N–H and O–H groups in total. The largest absolute Gasteiger partial charge is 1.00 e. The molecule has 0 aromatic carbocycles. The summed E-state index contributed by atoms with van der Waals surface area (Å²) < 4.78 is 8.51. The Bertz CT molecular complexity index is 116. The van der Waals surface area contributed by atoms with Crippen LogP contribution in [0.15, 0.2) is 0 Å². The zero-order chi connectivity index (χ0) is 10.1. The van der Waals surface area contributed by atoms with E-state index in [1.807, 2.05) is 0 Å². The van der Waals surface area contributed by atoms with Crippen LogP contribution in [0.3, 0.4) is 0 Å². The molecule has 14 heavy (non-hydrogen) atoms. The zero-order valence-electron chi connectivity index (χ0n) is 9.90. The van der Waals surface area contributed by atoms with Gasteiger partial charge < -0.3 is 17.0 Å². The monoisotopic (exact) mass is 373 g/mol. The maximum Gasteiger partial charge on any atom is -1.00 e. The summed E-state index contributed by atoms with van der Waals surface area (Å²) in [4.78, 5) is 0. The second kappa shape index (κ2) is 12.3. The third kappa shape index (κ3) is 9.74. The molecule has 0 bridgehead atoms. The number of hydrogen-bond donors (Lipinski definition) is 1. The van der Waals surface area contributed by atoms with E-state index >= 15 is 0 Å². The van der Waals surface area contributed by atoms with Gasteiger partial charge >= 0.3 is 90.7 Å². The quantitative estimate of drug-likeness (QED) is 0.568. The molecule has 0 saturated heterocycles. The molecular formula is C10H24BrNOSn. The van der Waals surface area contributed by atoms with Crippen LogP contribution in [0.5, 0.6) is 0 Å². The van der Waals surface area contributed by atoms with Crippen molar-refractivity contribution in [1.29, 1.82) is 0 Å². The van der Waals surface area contributed by atoms with Crippen molar-refractivity contribution in [1.82, 2.24) is 5.32 Å². The average Bonchev–Trinajstić information content (AvgIpc) is 2.14. The Kier molecular flexibility index (Phi) is 15.4. The predicted molar refractivity (Wildman–Crippen MR) is 60.4 cm³/mol. The molecular weight excluding hydrogens is 349 g/mol. The summed E-state index contributed by atoms with van der Waals surface area (Å²) in [6, 6.07) is 0. The molecule has 0 amide bonds. The maximum absolute atomic E-state index is 5.81. The van der Waals surface area contributed by atoms with E-state index in [0.717, 1.165) is 25.6 Å². The van der Waals surface area contributed by atoms with Crippen molar-refractivity contribution in [3.8, 4) is 0 Å². The number of hydrogen-bond acceptors (Lipinski definition) is 2. The fraction of sp³-hybridized carbons (Fsp3) is 1.00. The van der Waals surface area contributed by atoms with Gasteiger partial charge in [-0.3, -0.25) is 0 Å². The van der Waals surface area contributed by atoms with Crippen molar-refractivity contribution in [2.24, 2.45) is 5.92 Å². The molecule has 0 saturated carbocycles. The maximum atomic E-state index is 5.81. The van der Waals surface area contributed by atoms with Gasteiger partial charge in [-0.05, 0) is 0 Å². The van der Waals surface area contributed by atoms with Crippen molar-refractivity contribution >= 4 is 20.2 Å². The van der Waals surface area contributed by atoms with Gasteiger partial charge in [0.15, 0.2) is 0 Å². The Morgan fingerprint density at radius 3 is 2.36 bits per heavy atom. The van der Waals surface area contributed by atoms with Crippen molar-refractivity contribution in [2.45, 2.75) is 36.6 Å². The molecule has 1 unspecified atom stereocenters. The molecule has 0 radical (unpaired) electrons. The van der Waals surface area contributed by atoms with Gasteiger partial charge in [-0.25, -0.2) is 0 Å². The molecule has 0 spiro atoms. The normalized spacial score (nSPS) is 12.0. The van der Waals surface area contributed by atoms with Crippen LogP contribution in [-0.4, -0.2) is 39.9 Å². The fourth-order valence-electron chi connectivity index (χ4n) is 1.36. The van der Waals surface area contributed by atoms with Gasteiger partial charge in [-0.1, -0.05) is 0 Å². The SMILES string of the molecule is CCNCC(C)[CH2][Sn+]([CH2]C)[O]CC.[Br-]. The third-order valence-electron chi connectivity index (χ3n) is 2.06. The molecule has 0 heterocycles. The summed E-state index contributed by atoms with van der Waals surface area (Å²) in [5.74, 6) is 0.806. The minimum Gasteiger partial charge on any atom is -1.00 e. The molecule has 0 aliphatic carbocycles. The van der Waals surface area contributed by atoms with Crippen LogP contribution < -0.4 is 22.3 Å². The van der Waals surface area contributed by atoms with E-state index in [1.165, 1.54) is 8.87 Å². The summed E-state index contributed by atoms with van der Waals surface area (Å²) in [5.41, 5.74) is 0. The first-order chi connectivity index (χ1) is 6.24. The van der Waals surface area contributed by atoms with Crippen molar-refractivity contribution in [3.63, 3.8) is 0 Å². The first-order valence-electron chi connectivity index (χ1n) is 5.42. The number of nitrogens with one attached hydrogen (secondary N) is 1. The van der Waals surface area contributed by atoms with E-state index in [1.54, 1.807) is 0 Å². The second-order valence-electron chi connectivity index (χ2n) is 3.44. The van der Waals surface area contributed by atoms with E-state index < -0.39 is 20.2 Å². The molecule has 0 aromatic heterocycles. The third-order valence-corrected chi connectivity index (χ3v) is 9.59. The summed E-state index contributed by atoms with van der Waals surface area (Å²) in [5, 5.41) is 3.40. The van der Waals surface area contributed by atoms with Crippen LogP contribution in [0.4, 0.5) is 0 Å². The van der Waals surface area contributed by atoms with Gasteiger partial charge in [0.1, 0.15) is 0 Å². The Labute approximate surface area is 107 Å². The van der Waals surface area contributed by atoms with Crippen molar-refractivity contribution in [3.05, 3.63) is 0 Å². The molecule has 1 atom stereocenters. The van der Waals surface area contributed by atoms with Crippen molar-refractivity contribution < 1.29 is 20.1 Å². The van der Waals surface area contributed by atoms with E-state index in [0.29, 0.717) is 0 Å². The summed E-state index contributed by atoms with van der Waals surface area (Å²) in [6.07, 6.45) is 0. The fourth-order valence-corrected chi connectivity index (χ4v) is 6.90. The van der Waals surface area contributed by atoms with E-state index in [4.69, 9.17) is 3.07 Å². The molecule has 0 rings (SSSR count). The number of rotatable bonds is 8. The Hall–Kier alpha value is 1.20. The van der Waals surface area contributed by atoms with Crippen LogP contribution in [-0.2, 0) is 3.07 Å². The van der Waals surface area contributed by atoms with Crippen LogP contribution in [0, 0.1) is 5.92 Å². The molecule has 86 valence electrons.